The van der Waals surface area contributed by atoms with Gasteiger partial charge in [0, 0.05) is 35.6 Å². The maximum absolute atomic E-state index is 12.5. The van der Waals surface area contributed by atoms with Crippen LogP contribution in [0, 0.1) is 12.8 Å². The number of benzene rings is 1. The summed E-state index contributed by atoms with van der Waals surface area (Å²) in [6, 6.07) is 11.3. The molecule has 0 radical (unpaired) electrons. The van der Waals surface area contributed by atoms with Crippen molar-refractivity contribution >= 4 is 22.6 Å². The molecule has 1 aromatic heterocycles. The van der Waals surface area contributed by atoms with Crippen molar-refractivity contribution in [3.63, 3.8) is 0 Å². The highest BCUT2D eigenvalue weighted by atomic mass is 32.2. The Morgan fingerprint density at radius 2 is 1.78 bits per heavy atom. The molecule has 2 heterocycles. The van der Waals surface area contributed by atoms with Crippen LogP contribution in [0.15, 0.2) is 40.8 Å². The van der Waals surface area contributed by atoms with Crippen molar-refractivity contribution in [2.45, 2.75) is 31.3 Å². The third-order valence-electron chi connectivity index (χ3n) is 4.81. The minimum absolute atomic E-state index is 0.162. The number of nitrogens with zero attached hydrogens (tertiary/aromatic N) is 1. The summed E-state index contributed by atoms with van der Waals surface area (Å²) in [4.78, 5) is 25.4. The second kappa shape index (κ2) is 8.52. The fourth-order valence-electron chi connectivity index (χ4n) is 3.17. The predicted molar refractivity (Wildman–Crippen MR) is 103 cm³/mol. The second-order valence-electron chi connectivity index (χ2n) is 6.95. The van der Waals surface area contributed by atoms with E-state index in [-0.39, 0.29) is 29.2 Å². The number of piperidine rings is 1. The molecule has 0 bridgehead atoms. The Bertz CT molecular complexity index is 836. The Balaban J connectivity index is 1.54. The first-order valence-electron chi connectivity index (χ1n) is 9.00. The molecule has 7 heteroatoms. The van der Waals surface area contributed by atoms with E-state index in [4.69, 9.17) is 10.2 Å². The molecule has 2 aromatic rings. The van der Waals surface area contributed by atoms with Crippen LogP contribution in [-0.4, -0.2) is 34.0 Å². The van der Waals surface area contributed by atoms with Crippen molar-refractivity contribution < 1.29 is 18.2 Å². The van der Waals surface area contributed by atoms with Gasteiger partial charge < -0.3 is 15.1 Å². The van der Waals surface area contributed by atoms with Crippen molar-refractivity contribution in [2.75, 3.05) is 13.1 Å². The van der Waals surface area contributed by atoms with Gasteiger partial charge in [0.05, 0.1) is 5.75 Å². The van der Waals surface area contributed by atoms with Gasteiger partial charge in [-0.25, -0.2) is 0 Å². The fourth-order valence-corrected chi connectivity index (χ4v) is 4.31. The minimum atomic E-state index is -1.11. The summed E-state index contributed by atoms with van der Waals surface area (Å²) in [7, 11) is -1.11. The quantitative estimate of drug-likeness (QED) is 0.822. The summed E-state index contributed by atoms with van der Waals surface area (Å²) in [5, 5.41) is 0. The lowest BCUT2D eigenvalue weighted by Crippen LogP contribution is -2.41. The number of aryl methyl sites for hydroxylation is 1. The molecule has 1 fully saturated rings. The molecule has 2 N–H and O–H groups in total. The molecule has 1 aliphatic rings. The van der Waals surface area contributed by atoms with E-state index in [1.165, 1.54) is 5.56 Å². The normalized spacial score (nSPS) is 16.3. The Morgan fingerprint density at radius 1 is 1.11 bits per heavy atom. The van der Waals surface area contributed by atoms with Crippen molar-refractivity contribution in [1.29, 1.82) is 0 Å². The van der Waals surface area contributed by atoms with Crippen LogP contribution in [0.5, 0.6) is 0 Å². The van der Waals surface area contributed by atoms with E-state index < -0.39 is 10.8 Å². The van der Waals surface area contributed by atoms with Gasteiger partial charge in [0.25, 0.3) is 5.91 Å². The minimum Gasteiger partial charge on any atom is -0.455 e. The first kappa shape index (κ1) is 19.4. The van der Waals surface area contributed by atoms with Crippen LogP contribution in [0.1, 0.15) is 40.3 Å². The van der Waals surface area contributed by atoms with E-state index >= 15 is 0 Å². The molecular formula is C20H24N2O4S. The summed E-state index contributed by atoms with van der Waals surface area (Å²) in [5.74, 6) is 0.832. The van der Waals surface area contributed by atoms with E-state index in [2.05, 4.69) is 0 Å². The van der Waals surface area contributed by atoms with E-state index in [1.807, 2.05) is 31.2 Å². The maximum atomic E-state index is 12.5. The topological polar surface area (TPSA) is 93.6 Å². The van der Waals surface area contributed by atoms with Crippen molar-refractivity contribution in [2.24, 2.45) is 11.7 Å². The number of hydrogen-bond donors (Lipinski definition) is 1. The third kappa shape index (κ3) is 5.07. The molecule has 27 heavy (non-hydrogen) atoms. The standard InChI is InChI=1S/C20H24N2O4S/c1-14-2-4-15(5-3-14)12-27(25)13-17-6-7-18(26-17)20(24)22-10-8-16(9-11-22)19(21)23/h2-7,16H,8-13H2,1H3,(H2,21,23). The summed E-state index contributed by atoms with van der Waals surface area (Å²) in [6.07, 6.45) is 1.16. The largest absolute Gasteiger partial charge is 0.455 e. The Hall–Kier alpha value is -2.41. The average molecular weight is 388 g/mol. The molecule has 1 aromatic carbocycles. The number of hydrogen-bond acceptors (Lipinski definition) is 4. The molecular weight excluding hydrogens is 364 g/mol. The second-order valence-corrected chi connectivity index (χ2v) is 8.41. The summed E-state index contributed by atoms with van der Waals surface area (Å²) < 4.78 is 18.0. The number of nitrogens with two attached hydrogens (primary N) is 1. The average Bonchev–Trinajstić information content (AvgIpc) is 3.11. The third-order valence-corrected chi connectivity index (χ3v) is 6.07. The van der Waals surface area contributed by atoms with Gasteiger partial charge in [-0.1, -0.05) is 29.8 Å². The number of furan rings is 1. The molecule has 1 unspecified atom stereocenters. The highest BCUT2D eigenvalue weighted by molar-refractivity contribution is 7.83. The monoisotopic (exact) mass is 388 g/mol. The van der Waals surface area contributed by atoms with E-state index in [0.29, 0.717) is 37.4 Å². The van der Waals surface area contributed by atoms with E-state index in [0.717, 1.165) is 5.56 Å². The Morgan fingerprint density at radius 3 is 2.41 bits per heavy atom. The van der Waals surface area contributed by atoms with Gasteiger partial charge in [-0.15, -0.1) is 0 Å². The van der Waals surface area contributed by atoms with Gasteiger partial charge in [-0.3, -0.25) is 13.8 Å². The van der Waals surface area contributed by atoms with Crippen LogP contribution >= 0.6 is 0 Å². The molecule has 2 amide bonds. The van der Waals surface area contributed by atoms with E-state index in [1.54, 1.807) is 17.0 Å². The lowest BCUT2D eigenvalue weighted by Gasteiger charge is -2.29. The first-order chi connectivity index (χ1) is 12.9. The number of rotatable bonds is 6. The SMILES string of the molecule is Cc1ccc(CS(=O)Cc2ccc(C(=O)N3CCC(C(N)=O)CC3)o2)cc1. The first-order valence-corrected chi connectivity index (χ1v) is 10.5. The fraction of sp³-hybridized carbons (Fsp3) is 0.400. The number of carbonyl (C=O) groups excluding carboxylic acids is 2. The smallest absolute Gasteiger partial charge is 0.289 e. The van der Waals surface area contributed by atoms with Crippen LogP contribution < -0.4 is 5.73 Å². The molecule has 1 saturated heterocycles. The molecule has 0 saturated carbocycles. The number of carbonyl (C=O) groups is 2. The predicted octanol–water partition coefficient (Wildman–Crippen LogP) is 2.37. The summed E-state index contributed by atoms with van der Waals surface area (Å²) >= 11 is 0. The highest BCUT2D eigenvalue weighted by Gasteiger charge is 2.27. The van der Waals surface area contributed by atoms with E-state index in [9.17, 15) is 13.8 Å². The van der Waals surface area contributed by atoms with Gasteiger partial charge in [0.1, 0.15) is 5.76 Å². The zero-order chi connectivity index (χ0) is 19.4. The lowest BCUT2D eigenvalue weighted by molar-refractivity contribution is -0.123. The molecule has 6 nitrogen and oxygen atoms in total. The van der Waals surface area contributed by atoms with Gasteiger partial charge in [-0.05, 0) is 37.5 Å². The zero-order valence-corrected chi connectivity index (χ0v) is 16.2. The molecule has 1 atom stereocenters. The van der Waals surface area contributed by atoms with Crippen LogP contribution in [0.4, 0.5) is 0 Å². The number of amides is 2. The molecule has 0 spiro atoms. The van der Waals surface area contributed by atoms with Crippen LogP contribution in [0.2, 0.25) is 0 Å². The van der Waals surface area contributed by atoms with Crippen LogP contribution in [-0.2, 0) is 27.1 Å². The highest BCUT2D eigenvalue weighted by Crippen LogP contribution is 2.20. The molecule has 0 aliphatic carbocycles. The lowest BCUT2D eigenvalue weighted by atomic mass is 9.96. The number of likely N-dealkylation sites (tertiary alicyclic amines) is 1. The Labute approximate surface area is 161 Å². The van der Waals surface area contributed by atoms with Crippen molar-refractivity contribution in [1.82, 2.24) is 4.90 Å². The van der Waals surface area contributed by atoms with Gasteiger partial charge in [-0.2, -0.15) is 0 Å². The van der Waals surface area contributed by atoms with Crippen molar-refractivity contribution in [3.05, 3.63) is 59.0 Å². The zero-order valence-electron chi connectivity index (χ0n) is 15.3. The van der Waals surface area contributed by atoms with Crippen molar-refractivity contribution in [3.8, 4) is 0 Å². The molecule has 3 rings (SSSR count). The summed E-state index contributed by atoms with van der Waals surface area (Å²) in [6.45, 7) is 2.99. The molecule has 144 valence electrons. The number of primary amides is 1. The van der Waals surface area contributed by atoms with Crippen LogP contribution in [0.25, 0.3) is 0 Å². The van der Waals surface area contributed by atoms with Crippen LogP contribution in [0.3, 0.4) is 0 Å². The Kier molecular flexibility index (Phi) is 6.11. The summed E-state index contributed by atoms with van der Waals surface area (Å²) in [5.41, 5.74) is 7.50. The van der Waals surface area contributed by atoms with Gasteiger partial charge in [0.2, 0.25) is 5.91 Å². The maximum Gasteiger partial charge on any atom is 0.289 e. The molecule has 1 aliphatic heterocycles. The van der Waals surface area contributed by atoms with Gasteiger partial charge in [0.15, 0.2) is 5.76 Å². The van der Waals surface area contributed by atoms with Gasteiger partial charge >= 0.3 is 0 Å².